The fourth-order valence-electron chi connectivity index (χ4n) is 3.04. The fourth-order valence-corrected chi connectivity index (χ4v) is 3.04. The lowest BCUT2D eigenvalue weighted by Crippen LogP contribution is -2.14. The van der Waals surface area contributed by atoms with Crippen LogP contribution < -0.4 is 10.1 Å². The van der Waals surface area contributed by atoms with Crippen LogP contribution in [0.15, 0.2) is 36.4 Å². The Hall–Kier alpha value is -2.50. The standard InChI is InChI=1S/C21H22F3NO2/c1-3-20(26)25-18-6-4-5-15(14-8-9-14)16(18)12-27-19-10-7-13(2)11-17(19)21(22,23)24/h4-7,10-11,14H,3,8-9,12H2,1-2H3,(H,25,26). The average Bonchev–Trinajstić information content (AvgIpc) is 3.45. The molecule has 1 fully saturated rings. The molecule has 1 aliphatic carbocycles. The normalized spacial score (nSPS) is 14.1. The maximum Gasteiger partial charge on any atom is 0.419 e. The first-order valence-electron chi connectivity index (χ1n) is 9.02. The first kappa shape index (κ1) is 19.3. The molecule has 2 aromatic carbocycles. The quantitative estimate of drug-likeness (QED) is 0.689. The third kappa shape index (κ3) is 4.62. The number of rotatable bonds is 6. The van der Waals surface area contributed by atoms with Gasteiger partial charge in [-0.25, -0.2) is 0 Å². The van der Waals surface area contributed by atoms with Crippen LogP contribution in [0.1, 0.15) is 54.4 Å². The SMILES string of the molecule is CCC(=O)Nc1cccc(C2CC2)c1COc1ccc(C)cc1C(F)(F)F. The number of carbonyl (C=O) groups excluding carboxylic acids is 1. The second-order valence-electron chi connectivity index (χ2n) is 6.84. The molecule has 0 heterocycles. The molecule has 0 radical (unpaired) electrons. The average molecular weight is 377 g/mol. The van der Waals surface area contributed by atoms with E-state index in [9.17, 15) is 18.0 Å². The highest BCUT2D eigenvalue weighted by molar-refractivity contribution is 5.91. The van der Waals surface area contributed by atoms with Gasteiger partial charge in [0, 0.05) is 17.7 Å². The topological polar surface area (TPSA) is 38.3 Å². The first-order valence-corrected chi connectivity index (χ1v) is 9.02. The fraction of sp³-hybridized carbons (Fsp3) is 0.381. The van der Waals surface area contributed by atoms with Gasteiger partial charge in [-0.2, -0.15) is 13.2 Å². The van der Waals surface area contributed by atoms with Crippen LogP contribution in [0.4, 0.5) is 18.9 Å². The summed E-state index contributed by atoms with van der Waals surface area (Å²) in [6.07, 6.45) is -2.09. The Morgan fingerprint density at radius 2 is 1.96 bits per heavy atom. The summed E-state index contributed by atoms with van der Waals surface area (Å²) in [6, 6.07) is 9.60. The maximum atomic E-state index is 13.3. The second kappa shape index (κ2) is 7.62. The van der Waals surface area contributed by atoms with Crippen molar-refractivity contribution in [1.82, 2.24) is 0 Å². The number of alkyl halides is 3. The van der Waals surface area contributed by atoms with Gasteiger partial charge in [0.1, 0.15) is 12.4 Å². The molecule has 0 bridgehead atoms. The van der Waals surface area contributed by atoms with Gasteiger partial charge in [-0.05, 0) is 49.4 Å². The van der Waals surface area contributed by atoms with E-state index in [-0.39, 0.29) is 18.3 Å². The van der Waals surface area contributed by atoms with E-state index in [2.05, 4.69) is 5.32 Å². The van der Waals surface area contributed by atoms with Crippen LogP contribution in [0.5, 0.6) is 5.75 Å². The van der Waals surface area contributed by atoms with E-state index in [4.69, 9.17) is 4.74 Å². The number of ether oxygens (including phenoxy) is 1. The van der Waals surface area contributed by atoms with Crippen LogP contribution in [0.2, 0.25) is 0 Å². The predicted octanol–water partition coefficient (Wildman–Crippen LogP) is 5.82. The number of anilines is 1. The Morgan fingerprint density at radius 1 is 1.22 bits per heavy atom. The summed E-state index contributed by atoms with van der Waals surface area (Å²) in [4.78, 5) is 11.8. The Bertz CT molecular complexity index is 842. The van der Waals surface area contributed by atoms with Crippen LogP contribution in [0.3, 0.4) is 0 Å². The van der Waals surface area contributed by atoms with Crippen LogP contribution in [-0.4, -0.2) is 5.91 Å². The number of benzene rings is 2. The monoisotopic (exact) mass is 377 g/mol. The van der Waals surface area contributed by atoms with Gasteiger partial charge in [-0.3, -0.25) is 4.79 Å². The van der Waals surface area contributed by atoms with Gasteiger partial charge < -0.3 is 10.1 Å². The number of halogens is 3. The van der Waals surface area contributed by atoms with Gasteiger partial charge in [0.15, 0.2) is 0 Å². The summed E-state index contributed by atoms with van der Waals surface area (Å²) in [5.74, 6) is 0.0316. The zero-order valence-electron chi connectivity index (χ0n) is 15.3. The number of amides is 1. The number of hydrogen-bond acceptors (Lipinski definition) is 2. The predicted molar refractivity (Wildman–Crippen MR) is 97.9 cm³/mol. The molecule has 3 nitrogen and oxygen atoms in total. The lowest BCUT2D eigenvalue weighted by molar-refractivity contribution is -0.139. The lowest BCUT2D eigenvalue weighted by Gasteiger charge is -2.18. The summed E-state index contributed by atoms with van der Waals surface area (Å²) in [6.45, 7) is 3.33. The minimum Gasteiger partial charge on any atom is -0.488 e. The van der Waals surface area contributed by atoms with Crippen molar-refractivity contribution >= 4 is 11.6 Å². The minimum atomic E-state index is -4.49. The van der Waals surface area contributed by atoms with Crippen molar-refractivity contribution < 1.29 is 22.7 Å². The van der Waals surface area contributed by atoms with Crippen LogP contribution in [0.25, 0.3) is 0 Å². The van der Waals surface area contributed by atoms with Crippen molar-refractivity contribution in [1.29, 1.82) is 0 Å². The molecule has 0 aromatic heterocycles. The maximum absolute atomic E-state index is 13.3. The van der Waals surface area contributed by atoms with E-state index >= 15 is 0 Å². The van der Waals surface area contributed by atoms with Crippen molar-refractivity contribution in [2.24, 2.45) is 0 Å². The number of carbonyl (C=O) groups is 1. The lowest BCUT2D eigenvalue weighted by atomic mass is 10.0. The van der Waals surface area contributed by atoms with Crippen molar-refractivity contribution in [3.8, 4) is 5.75 Å². The smallest absolute Gasteiger partial charge is 0.419 e. The van der Waals surface area contributed by atoms with E-state index in [1.807, 2.05) is 12.1 Å². The highest BCUT2D eigenvalue weighted by Gasteiger charge is 2.35. The van der Waals surface area contributed by atoms with Crippen molar-refractivity contribution in [2.75, 3.05) is 5.32 Å². The summed E-state index contributed by atoms with van der Waals surface area (Å²) >= 11 is 0. The van der Waals surface area contributed by atoms with Crippen molar-refractivity contribution in [3.63, 3.8) is 0 Å². The zero-order valence-corrected chi connectivity index (χ0v) is 15.3. The number of hydrogen-bond donors (Lipinski definition) is 1. The van der Waals surface area contributed by atoms with Gasteiger partial charge in [0.25, 0.3) is 0 Å². The van der Waals surface area contributed by atoms with Gasteiger partial charge in [0.2, 0.25) is 5.91 Å². The highest BCUT2D eigenvalue weighted by atomic mass is 19.4. The molecule has 3 rings (SSSR count). The Kier molecular flexibility index (Phi) is 5.44. The minimum absolute atomic E-state index is 0.0296. The summed E-state index contributed by atoms with van der Waals surface area (Å²) in [7, 11) is 0. The molecule has 1 saturated carbocycles. The van der Waals surface area contributed by atoms with E-state index in [1.54, 1.807) is 26.0 Å². The molecule has 6 heteroatoms. The molecule has 1 amide bonds. The van der Waals surface area contributed by atoms with Gasteiger partial charge in [-0.1, -0.05) is 30.7 Å². The van der Waals surface area contributed by atoms with Crippen molar-refractivity contribution in [3.05, 3.63) is 58.7 Å². The molecule has 27 heavy (non-hydrogen) atoms. The van der Waals surface area contributed by atoms with Crippen LogP contribution >= 0.6 is 0 Å². The summed E-state index contributed by atoms with van der Waals surface area (Å²) in [5.41, 5.74) is 2.11. The summed E-state index contributed by atoms with van der Waals surface area (Å²) < 4.78 is 45.6. The van der Waals surface area contributed by atoms with Crippen LogP contribution in [0, 0.1) is 6.92 Å². The molecule has 0 spiro atoms. The molecule has 0 atom stereocenters. The van der Waals surface area contributed by atoms with Gasteiger partial charge >= 0.3 is 6.18 Å². The molecule has 0 saturated heterocycles. The Morgan fingerprint density at radius 3 is 2.59 bits per heavy atom. The van der Waals surface area contributed by atoms with Gasteiger partial charge in [0.05, 0.1) is 5.56 Å². The zero-order chi connectivity index (χ0) is 19.6. The first-order chi connectivity index (χ1) is 12.8. The summed E-state index contributed by atoms with van der Waals surface area (Å²) in [5, 5.41) is 2.83. The van der Waals surface area contributed by atoms with Crippen LogP contribution in [-0.2, 0) is 17.6 Å². The Balaban J connectivity index is 1.91. The molecule has 1 aliphatic rings. The third-order valence-corrected chi connectivity index (χ3v) is 4.64. The van der Waals surface area contributed by atoms with E-state index < -0.39 is 11.7 Å². The van der Waals surface area contributed by atoms with E-state index in [0.29, 0.717) is 23.6 Å². The second-order valence-corrected chi connectivity index (χ2v) is 6.84. The highest BCUT2D eigenvalue weighted by Crippen LogP contribution is 2.44. The molecule has 0 unspecified atom stereocenters. The Labute approximate surface area is 156 Å². The largest absolute Gasteiger partial charge is 0.488 e. The molecular weight excluding hydrogens is 355 g/mol. The molecule has 0 aliphatic heterocycles. The molecule has 1 N–H and O–H groups in total. The third-order valence-electron chi connectivity index (χ3n) is 4.64. The van der Waals surface area contributed by atoms with Crippen molar-refractivity contribution in [2.45, 2.75) is 51.8 Å². The molecule has 2 aromatic rings. The van der Waals surface area contributed by atoms with E-state index in [1.165, 1.54) is 6.07 Å². The number of nitrogens with one attached hydrogen (secondary N) is 1. The number of aryl methyl sites for hydroxylation is 1. The van der Waals surface area contributed by atoms with E-state index in [0.717, 1.165) is 30.0 Å². The molecule has 144 valence electrons. The molecular formula is C21H22F3NO2. The van der Waals surface area contributed by atoms with Gasteiger partial charge in [-0.15, -0.1) is 0 Å².